The summed E-state index contributed by atoms with van der Waals surface area (Å²) in [6.07, 6.45) is 3.93. The Hall–Kier alpha value is -1.55. The molecule has 1 aliphatic carbocycles. The van der Waals surface area contributed by atoms with Gasteiger partial charge in [-0.1, -0.05) is 38.8 Å². The van der Waals surface area contributed by atoms with E-state index in [2.05, 4.69) is 31.4 Å². The summed E-state index contributed by atoms with van der Waals surface area (Å²) in [6.45, 7) is 6.91. The predicted octanol–water partition coefficient (Wildman–Crippen LogP) is 3.65. The van der Waals surface area contributed by atoms with Crippen LogP contribution in [0.25, 0.3) is 0 Å². The first-order valence-corrected chi connectivity index (χ1v) is 7.90. The second-order valence-electron chi connectivity index (χ2n) is 6.37. The van der Waals surface area contributed by atoms with Gasteiger partial charge in [-0.2, -0.15) is 0 Å². The van der Waals surface area contributed by atoms with E-state index in [-0.39, 0.29) is 0 Å². The largest absolute Gasteiger partial charge is 0.351 e. The molecule has 0 aliphatic heterocycles. The van der Waals surface area contributed by atoms with Gasteiger partial charge < -0.3 is 16.4 Å². The molecular weight excluding hydrogens is 262 g/mol. The topological polar surface area (TPSA) is 67.2 Å². The van der Waals surface area contributed by atoms with Crippen molar-refractivity contribution in [1.29, 1.82) is 0 Å². The first-order valence-electron chi connectivity index (χ1n) is 7.90. The quantitative estimate of drug-likeness (QED) is 0.792. The molecule has 1 aliphatic rings. The molecule has 1 aromatic rings. The average molecular weight is 289 g/mol. The Labute approximate surface area is 127 Å². The van der Waals surface area contributed by atoms with Crippen molar-refractivity contribution in [1.82, 2.24) is 5.32 Å². The number of urea groups is 1. The summed E-state index contributed by atoms with van der Waals surface area (Å²) in [6, 6.07) is 8.24. The zero-order valence-corrected chi connectivity index (χ0v) is 13.2. The number of benzene rings is 1. The van der Waals surface area contributed by atoms with E-state index < -0.39 is 6.03 Å². The molecule has 116 valence electrons. The standard InChI is InChI=1S/C17H27N3O/c1-11-5-4-6-16(12(11)2)19-13(3)14-7-9-15(10-8-14)20-17(18)21/h7-13,16,19H,4-6H2,1-3H3,(H3,18,20,21). The Bertz CT molecular complexity index is 471. The van der Waals surface area contributed by atoms with Crippen molar-refractivity contribution < 1.29 is 4.79 Å². The van der Waals surface area contributed by atoms with Crippen molar-refractivity contribution in [3.63, 3.8) is 0 Å². The molecule has 0 heterocycles. The fourth-order valence-electron chi connectivity index (χ4n) is 3.23. The number of hydrogen-bond acceptors (Lipinski definition) is 2. The van der Waals surface area contributed by atoms with Gasteiger partial charge in [0.05, 0.1) is 0 Å². The molecule has 1 aromatic carbocycles. The highest BCUT2D eigenvalue weighted by Crippen LogP contribution is 2.31. The van der Waals surface area contributed by atoms with Gasteiger partial charge in [0, 0.05) is 17.8 Å². The van der Waals surface area contributed by atoms with Crippen LogP contribution in [-0.2, 0) is 0 Å². The van der Waals surface area contributed by atoms with Gasteiger partial charge in [0.25, 0.3) is 0 Å². The van der Waals surface area contributed by atoms with E-state index in [9.17, 15) is 4.79 Å². The third-order valence-corrected chi connectivity index (χ3v) is 4.85. The van der Waals surface area contributed by atoms with Gasteiger partial charge >= 0.3 is 6.03 Å². The summed E-state index contributed by atoms with van der Waals surface area (Å²) in [5.74, 6) is 1.52. The van der Waals surface area contributed by atoms with Crippen molar-refractivity contribution in [2.45, 2.75) is 52.1 Å². The van der Waals surface area contributed by atoms with Gasteiger partial charge in [0.1, 0.15) is 0 Å². The van der Waals surface area contributed by atoms with E-state index in [0.29, 0.717) is 12.1 Å². The summed E-state index contributed by atoms with van der Waals surface area (Å²) in [4.78, 5) is 10.8. The normalized spacial score (nSPS) is 27.1. The van der Waals surface area contributed by atoms with Crippen LogP contribution in [0.15, 0.2) is 24.3 Å². The Morgan fingerprint density at radius 2 is 1.90 bits per heavy atom. The Kier molecular flexibility index (Phi) is 5.23. The number of hydrogen-bond donors (Lipinski definition) is 3. The van der Waals surface area contributed by atoms with Crippen molar-refractivity contribution in [3.05, 3.63) is 29.8 Å². The summed E-state index contributed by atoms with van der Waals surface area (Å²) in [7, 11) is 0. The van der Waals surface area contributed by atoms with Gasteiger partial charge in [-0.05, 0) is 42.9 Å². The van der Waals surface area contributed by atoms with E-state index in [1.54, 1.807) is 0 Å². The maximum atomic E-state index is 10.8. The van der Waals surface area contributed by atoms with Crippen LogP contribution in [0.5, 0.6) is 0 Å². The van der Waals surface area contributed by atoms with E-state index in [1.807, 2.05) is 24.3 Å². The predicted molar refractivity (Wildman–Crippen MR) is 87.2 cm³/mol. The zero-order chi connectivity index (χ0) is 15.4. The molecule has 2 rings (SSSR count). The molecule has 2 amide bonds. The lowest BCUT2D eigenvalue weighted by Gasteiger charge is -2.36. The molecule has 0 radical (unpaired) electrons. The lowest BCUT2D eigenvalue weighted by Crippen LogP contribution is -2.41. The van der Waals surface area contributed by atoms with Crippen LogP contribution < -0.4 is 16.4 Å². The highest BCUT2D eigenvalue weighted by atomic mass is 16.2. The van der Waals surface area contributed by atoms with Crippen LogP contribution in [0.3, 0.4) is 0 Å². The van der Waals surface area contributed by atoms with Crippen LogP contribution in [0.2, 0.25) is 0 Å². The van der Waals surface area contributed by atoms with E-state index in [1.165, 1.54) is 24.8 Å². The second-order valence-corrected chi connectivity index (χ2v) is 6.37. The van der Waals surface area contributed by atoms with Crippen LogP contribution in [-0.4, -0.2) is 12.1 Å². The highest BCUT2D eigenvalue weighted by Gasteiger charge is 2.27. The molecule has 0 bridgehead atoms. The van der Waals surface area contributed by atoms with Gasteiger partial charge in [-0.15, -0.1) is 0 Å². The smallest absolute Gasteiger partial charge is 0.316 e. The highest BCUT2D eigenvalue weighted by molar-refractivity contribution is 5.87. The van der Waals surface area contributed by atoms with Gasteiger partial charge in [0.15, 0.2) is 0 Å². The number of nitrogens with two attached hydrogens (primary N) is 1. The maximum Gasteiger partial charge on any atom is 0.316 e. The summed E-state index contributed by atoms with van der Waals surface area (Å²) < 4.78 is 0. The van der Waals surface area contributed by atoms with E-state index in [0.717, 1.165) is 17.5 Å². The number of anilines is 1. The fraction of sp³-hybridized carbons (Fsp3) is 0.588. The molecule has 4 N–H and O–H groups in total. The van der Waals surface area contributed by atoms with Gasteiger partial charge in [-0.25, -0.2) is 4.79 Å². The van der Waals surface area contributed by atoms with Crippen molar-refractivity contribution in [2.24, 2.45) is 17.6 Å². The van der Waals surface area contributed by atoms with Crippen molar-refractivity contribution >= 4 is 11.7 Å². The van der Waals surface area contributed by atoms with Crippen LogP contribution in [0, 0.1) is 11.8 Å². The molecule has 21 heavy (non-hydrogen) atoms. The van der Waals surface area contributed by atoms with Crippen molar-refractivity contribution in [3.8, 4) is 0 Å². The fourth-order valence-corrected chi connectivity index (χ4v) is 3.23. The summed E-state index contributed by atoms with van der Waals surface area (Å²) in [5, 5.41) is 6.35. The zero-order valence-electron chi connectivity index (χ0n) is 13.2. The molecule has 1 saturated carbocycles. The molecule has 1 fully saturated rings. The third kappa shape index (κ3) is 4.21. The molecule has 4 heteroatoms. The van der Waals surface area contributed by atoms with E-state index >= 15 is 0 Å². The lowest BCUT2D eigenvalue weighted by atomic mass is 9.77. The number of nitrogens with one attached hydrogen (secondary N) is 2. The third-order valence-electron chi connectivity index (χ3n) is 4.85. The Morgan fingerprint density at radius 3 is 2.52 bits per heavy atom. The summed E-state index contributed by atoms with van der Waals surface area (Å²) in [5.41, 5.74) is 7.08. The summed E-state index contributed by atoms with van der Waals surface area (Å²) >= 11 is 0. The average Bonchev–Trinajstić information content (AvgIpc) is 2.44. The van der Waals surface area contributed by atoms with Gasteiger partial charge in [0.2, 0.25) is 0 Å². The van der Waals surface area contributed by atoms with Crippen molar-refractivity contribution in [2.75, 3.05) is 5.32 Å². The van der Waals surface area contributed by atoms with E-state index in [4.69, 9.17) is 5.73 Å². The minimum Gasteiger partial charge on any atom is -0.351 e. The molecule has 4 unspecified atom stereocenters. The molecular formula is C17H27N3O. The number of carbonyl (C=O) groups is 1. The van der Waals surface area contributed by atoms with Crippen LogP contribution >= 0.6 is 0 Å². The maximum absolute atomic E-state index is 10.8. The minimum atomic E-state index is -0.529. The minimum absolute atomic E-state index is 0.311. The first kappa shape index (κ1) is 15.8. The molecule has 0 aromatic heterocycles. The first-order chi connectivity index (χ1) is 9.97. The monoisotopic (exact) mass is 289 g/mol. The molecule has 4 atom stereocenters. The van der Waals surface area contributed by atoms with Gasteiger partial charge in [-0.3, -0.25) is 0 Å². The number of rotatable bonds is 4. The molecule has 4 nitrogen and oxygen atoms in total. The number of amides is 2. The molecule has 0 saturated heterocycles. The van der Waals surface area contributed by atoms with Crippen LogP contribution in [0.4, 0.5) is 10.5 Å². The molecule has 0 spiro atoms. The van der Waals surface area contributed by atoms with Crippen LogP contribution in [0.1, 0.15) is 51.6 Å². The lowest BCUT2D eigenvalue weighted by molar-refractivity contribution is 0.196. The number of primary amides is 1. The Balaban J connectivity index is 1.96. The number of carbonyl (C=O) groups excluding carboxylic acids is 1. The SMILES string of the molecule is CC(NC1CCCC(C)C1C)c1ccc(NC(N)=O)cc1. The Morgan fingerprint density at radius 1 is 1.24 bits per heavy atom. The second kappa shape index (κ2) is 6.94.